The Balaban J connectivity index is 0.000000163. The molecule has 1 amide bonds. The van der Waals surface area contributed by atoms with Crippen LogP contribution in [0.5, 0.6) is 28.7 Å². The number of nitriles is 1. The van der Waals surface area contributed by atoms with Gasteiger partial charge in [0.2, 0.25) is 5.91 Å². The molecule has 1 saturated carbocycles. The van der Waals surface area contributed by atoms with Crippen molar-refractivity contribution in [2.24, 2.45) is 5.73 Å². The molecule has 12 aromatic carbocycles. The standard InChI is InChI=1S/C26H30N2O3.C26H28N2O2.C25H28N2O2.C24H28N2O2.C23H26N2O2/c1-19-10-12-25(13-11-19)31-18-24(29)17-28(16-23-8-4-3-6-20(23)2)15-21-7-5-9-22(14-21)26(27)30;1-20-10-12-26(13-11-20)30-19-25(29)18-28(17-24-9-4-3-6-21(24)2)16-23-8-5-7-22(14-23)15-27;1-20-9-11-24(12-10-20)29-19-23(28)18-27(17-21-6-3-2-4-7-21)25(13-14-25)22-8-5-15-26-16-22;1-19-10-12-24(13-11-19)28-18-23(27)17-26(16-21-7-4-3-5-8-21)20(2)22-9-6-14-25-15-22;1-19-9-11-23(12-10-19)27-18-22(26)17-25(15-20-6-3-2-4-7-20)16-21-8-5-13-24-14-21/h3-14,24,29H,15-18H2,1-2H3,(H2,27,30);3-14,25,29H,16-19H2,1-2H3;2-12,15-16,23,28H,13-14,17-19H2,1H3;3-15,20,23,27H,16-18H2,1-2H3;2-14,22,26H,15-18H2,1H3/i;;;;16D2. The summed E-state index contributed by atoms with van der Waals surface area (Å²) in [6.07, 6.45) is 9.42. The molecule has 21 nitrogen and oxygen atoms in total. The summed E-state index contributed by atoms with van der Waals surface area (Å²) in [7, 11) is 0. The highest BCUT2D eigenvalue weighted by Gasteiger charge is 2.50. The van der Waals surface area contributed by atoms with Gasteiger partial charge in [0.25, 0.3) is 0 Å². The lowest BCUT2D eigenvalue weighted by Crippen LogP contribution is -2.42. The monoisotopic (exact) mass is 1950 g/mol. The molecule has 0 bridgehead atoms. The minimum atomic E-state index is -1.80. The van der Waals surface area contributed by atoms with Crippen LogP contribution in [0.1, 0.15) is 139 Å². The summed E-state index contributed by atoms with van der Waals surface area (Å²) < 4.78 is 46.2. The van der Waals surface area contributed by atoms with E-state index in [0.29, 0.717) is 81.3 Å². The lowest BCUT2D eigenvalue weighted by Gasteiger charge is -2.34. The Hall–Kier alpha value is -14.4. The number of aryl methyl sites for hydroxylation is 7. The van der Waals surface area contributed by atoms with Gasteiger partial charge in [-0.2, -0.15) is 5.26 Å². The predicted octanol–water partition coefficient (Wildman–Crippen LogP) is 21.0. The largest absolute Gasteiger partial charge is 0.491 e. The molecule has 145 heavy (non-hydrogen) atoms. The summed E-state index contributed by atoms with van der Waals surface area (Å²) in [5.74, 6) is 3.30. The smallest absolute Gasteiger partial charge is 0.248 e. The fourth-order valence-electron chi connectivity index (χ4n) is 16.6. The van der Waals surface area contributed by atoms with Gasteiger partial charge in [-0.25, -0.2) is 0 Å². The zero-order chi connectivity index (χ0) is 104. The van der Waals surface area contributed by atoms with Crippen LogP contribution in [0.2, 0.25) is 0 Å². The predicted molar refractivity (Wildman–Crippen MR) is 576 cm³/mol. The van der Waals surface area contributed by atoms with Crippen molar-refractivity contribution in [2.75, 3.05) is 65.8 Å². The molecule has 0 aliphatic heterocycles. The zero-order valence-electron chi connectivity index (χ0n) is 86.6. The summed E-state index contributed by atoms with van der Waals surface area (Å²) >= 11 is 0. The van der Waals surface area contributed by atoms with Crippen LogP contribution in [0.15, 0.2) is 383 Å². The average Bonchev–Trinajstić information content (AvgIpc) is 1.59. The number of nitrogens with zero attached hydrogens (tertiary/aromatic N) is 9. The number of hydrogen-bond donors (Lipinski definition) is 6. The van der Waals surface area contributed by atoms with Gasteiger partial charge >= 0.3 is 0 Å². The molecule has 16 rings (SSSR count). The Morgan fingerprint density at radius 3 is 1.11 bits per heavy atom. The van der Waals surface area contributed by atoms with E-state index in [0.717, 1.165) is 82.3 Å². The number of amides is 1. The minimum absolute atomic E-state index is 0.0467. The van der Waals surface area contributed by atoms with E-state index >= 15 is 0 Å². The first-order valence-corrected chi connectivity index (χ1v) is 49.5. The summed E-state index contributed by atoms with van der Waals surface area (Å²) in [5, 5.41) is 62.5. The molecule has 1 fully saturated rings. The van der Waals surface area contributed by atoms with Crippen LogP contribution >= 0.6 is 0 Å². The summed E-state index contributed by atoms with van der Waals surface area (Å²) in [6, 6.07) is 115. The summed E-state index contributed by atoms with van der Waals surface area (Å²) in [6.45, 7) is 22.3. The molecule has 0 radical (unpaired) electrons. The van der Waals surface area contributed by atoms with Gasteiger partial charge in [-0.15, -0.1) is 0 Å². The van der Waals surface area contributed by atoms with Crippen LogP contribution in [0.25, 0.3) is 0 Å². The molecule has 6 unspecified atom stereocenters. The van der Waals surface area contributed by atoms with Gasteiger partial charge in [0, 0.05) is 142 Å². The molecule has 15 aromatic rings. The maximum atomic E-state index is 11.5. The van der Waals surface area contributed by atoms with E-state index in [9.17, 15) is 35.6 Å². The van der Waals surface area contributed by atoms with Crippen molar-refractivity contribution < 1.29 is 56.8 Å². The Kier molecular flexibility index (Phi) is 42.9. The molecule has 7 N–H and O–H groups in total. The highest BCUT2D eigenvalue weighted by molar-refractivity contribution is 5.92. The van der Waals surface area contributed by atoms with E-state index in [1.165, 1.54) is 61.8 Å². The first-order chi connectivity index (χ1) is 71.1. The van der Waals surface area contributed by atoms with Crippen molar-refractivity contribution in [1.29, 1.82) is 5.26 Å². The van der Waals surface area contributed by atoms with Gasteiger partial charge in [0.1, 0.15) is 92.3 Å². The molecule has 0 spiro atoms. The van der Waals surface area contributed by atoms with Gasteiger partial charge in [-0.1, -0.05) is 270 Å². The fourth-order valence-corrected chi connectivity index (χ4v) is 16.6. The van der Waals surface area contributed by atoms with Crippen molar-refractivity contribution in [2.45, 2.75) is 163 Å². The number of carbonyl (C=O) groups is 1. The summed E-state index contributed by atoms with van der Waals surface area (Å²) in [5.41, 5.74) is 25.4. The van der Waals surface area contributed by atoms with Crippen LogP contribution in [-0.2, 0) is 57.8 Å². The number of rotatable bonds is 46. The van der Waals surface area contributed by atoms with Crippen LogP contribution in [0, 0.1) is 59.8 Å². The van der Waals surface area contributed by atoms with Crippen molar-refractivity contribution >= 4 is 5.91 Å². The van der Waals surface area contributed by atoms with Crippen LogP contribution in [-0.4, -0.2) is 167 Å². The molecule has 0 saturated heterocycles. The highest BCUT2D eigenvalue weighted by atomic mass is 16.5. The normalized spacial score (nSPS) is 13.3. The van der Waals surface area contributed by atoms with Crippen molar-refractivity contribution in [1.82, 2.24) is 39.5 Å². The lowest BCUT2D eigenvalue weighted by molar-refractivity contribution is 0.0407. The maximum absolute atomic E-state index is 11.5. The zero-order valence-corrected chi connectivity index (χ0v) is 84.6. The molecule has 1 aliphatic rings. The average molecular weight is 1950 g/mol. The van der Waals surface area contributed by atoms with Crippen LogP contribution in [0.3, 0.4) is 0 Å². The quantitative estimate of drug-likeness (QED) is 0.0207. The molecule has 1 aliphatic carbocycles. The van der Waals surface area contributed by atoms with E-state index in [4.69, 9.17) is 32.2 Å². The molecule has 6 atom stereocenters. The Bertz CT molecular complexity index is 6250. The third-order valence-electron chi connectivity index (χ3n) is 24.8. The van der Waals surface area contributed by atoms with Gasteiger partial charge in [0.15, 0.2) is 0 Å². The SMILES string of the molecule is Cc1ccc(OCC(O)CN(Cc2cccc(C#N)c2)Cc2ccccc2C)cc1.Cc1ccc(OCC(O)CN(Cc2cccc(C(N)=O)c2)Cc2ccccc2C)cc1.Cc1ccc(OCC(O)CN(Cc2ccccc2)C(C)c2cccnc2)cc1.Cc1ccc(OCC(O)CN(Cc2ccccc2)C2(c3cccnc3)CC2)cc1.[2H]C([2H])(c1cccnc1)N(Cc1ccccc1)CC(O)COc1ccc(C)cc1. The van der Waals surface area contributed by atoms with Gasteiger partial charge < -0.3 is 55.0 Å². The molecular formula is C124H140N10O11. The third kappa shape index (κ3) is 38.7. The van der Waals surface area contributed by atoms with Gasteiger partial charge in [0.05, 0.1) is 11.6 Å². The first-order valence-electron chi connectivity index (χ1n) is 50.5. The first kappa shape index (κ1) is 106. The van der Waals surface area contributed by atoms with E-state index in [1.807, 2.05) is 302 Å². The van der Waals surface area contributed by atoms with Crippen molar-refractivity contribution in [3.05, 3.63) is 489 Å². The number of aliphatic hydroxyl groups excluding tert-OH is 5. The van der Waals surface area contributed by atoms with Crippen molar-refractivity contribution in [3.63, 3.8) is 0 Å². The van der Waals surface area contributed by atoms with Crippen molar-refractivity contribution in [3.8, 4) is 34.8 Å². The summed E-state index contributed by atoms with van der Waals surface area (Å²) in [4.78, 5) is 34.8. The second-order valence-corrected chi connectivity index (χ2v) is 37.2. The number of pyridine rings is 3. The Labute approximate surface area is 859 Å². The van der Waals surface area contributed by atoms with Gasteiger partial charge in [-0.3, -0.25) is 44.2 Å². The van der Waals surface area contributed by atoms with Gasteiger partial charge in [-0.05, 0) is 238 Å². The second kappa shape index (κ2) is 58.4. The lowest BCUT2D eigenvalue weighted by atomic mass is 10.0. The third-order valence-corrected chi connectivity index (χ3v) is 24.8. The second-order valence-electron chi connectivity index (χ2n) is 37.2. The number of carbonyl (C=O) groups excluding carboxylic acids is 1. The Morgan fingerprint density at radius 2 is 0.717 bits per heavy atom. The number of primary amides is 1. The van der Waals surface area contributed by atoms with Crippen LogP contribution in [0.4, 0.5) is 0 Å². The van der Waals surface area contributed by atoms with E-state index in [-0.39, 0.29) is 51.2 Å². The number of nitrogens with two attached hydrogens (primary N) is 1. The molecule has 21 heteroatoms. The number of hydrogen-bond acceptors (Lipinski definition) is 20. The molecule has 752 valence electrons. The number of aliphatic hydroxyl groups is 5. The topological polar surface area (TPSA) is 269 Å². The molecular weight excluding hydrogens is 1810 g/mol. The number of benzene rings is 12. The fraction of sp³-hybridized carbons (Fsp3) is 0.282. The van der Waals surface area contributed by atoms with E-state index < -0.39 is 42.9 Å². The number of aromatic nitrogens is 3. The molecule has 3 heterocycles. The molecule has 3 aromatic heterocycles. The Morgan fingerprint density at radius 1 is 0.366 bits per heavy atom. The van der Waals surface area contributed by atoms with E-state index in [2.05, 4.69) is 134 Å². The maximum Gasteiger partial charge on any atom is 0.248 e. The number of ether oxygens (including phenoxy) is 5. The highest BCUT2D eigenvalue weighted by Crippen LogP contribution is 2.51. The van der Waals surface area contributed by atoms with E-state index in [1.54, 1.807) is 41.6 Å². The minimum Gasteiger partial charge on any atom is -0.491 e. The van der Waals surface area contributed by atoms with Crippen LogP contribution < -0.4 is 29.4 Å².